The molecule has 2 bridgehead atoms. The van der Waals surface area contributed by atoms with Gasteiger partial charge in [-0.1, -0.05) is 18.2 Å². The van der Waals surface area contributed by atoms with E-state index in [4.69, 9.17) is 4.74 Å². The van der Waals surface area contributed by atoms with Gasteiger partial charge in [-0.05, 0) is 43.2 Å². The Bertz CT molecular complexity index is 858. The number of ether oxygens (including phenoxy) is 1. The van der Waals surface area contributed by atoms with Gasteiger partial charge in [0.1, 0.15) is 0 Å². The summed E-state index contributed by atoms with van der Waals surface area (Å²) in [5, 5.41) is 0. The first-order valence-corrected chi connectivity index (χ1v) is 10.1. The summed E-state index contributed by atoms with van der Waals surface area (Å²) < 4.78 is 4.87. The highest BCUT2D eigenvalue weighted by Gasteiger charge is 2.60. The summed E-state index contributed by atoms with van der Waals surface area (Å²) in [4.78, 5) is 61.8. The first-order chi connectivity index (χ1) is 14.5. The molecule has 30 heavy (non-hydrogen) atoms. The fourth-order valence-electron chi connectivity index (χ4n) is 4.94. The number of rotatable bonds is 6. The van der Waals surface area contributed by atoms with Gasteiger partial charge in [-0.2, -0.15) is 0 Å². The van der Waals surface area contributed by atoms with Crippen LogP contribution < -0.4 is 10.9 Å². The maximum absolute atomic E-state index is 12.6. The second-order valence-electron chi connectivity index (χ2n) is 7.99. The van der Waals surface area contributed by atoms with E-state index in [1.165, 1.54) is 4.90 Å². The summed E-state index contributed by atoms with van der Waals surface area (Å²) in [6.45, 7) is -0.611. The Morgan fingerprint density at radius 3 is 2.23 bits per heavy atom. The van der Waals surface area contributed by atoms with Crippen molar-refractivity contribution in [3.63, 3.8) is 0 Å². The molecule has 158 valence electrons. The Morgan fingerprint density at radius 1 is 0.967 bits per heavy atom. The maximum Gasteiger partial charge on any atom is 0.308 e. The van der Waals surface area contributed by atoms with Crippen LogP contribution in [0, 0.1) is 23.7 Å². The largest absolute Gasteiger partial charge is 0.455 e. The third-order valence-electron chi connectivity index (χ3n) is 6.27. The molecular formula is C21H23N3O6. The van der Waals surface area contributed by atoms with Crippen molar-refractivity contribution in [2.75, 3.05) is 13.2 Å². The van der Waals surface area contributed by atoms with Crippen LogP contribution in [-0.4, -0.2) is 47.6 Å². The molecule has 0 radical (unpaired) electrons. The monoisotopic (exact) mass is 413 g/mol. The van der Waals surface area contributed by atoms with Gasteiger partial charge in [0.2, 0.25) is 11.8 Å². The molecule has 9 heteroatoms. The summed E-state index contributed by atoms with van der Waals surface area (Å²) in [6.07, 6.45) is 2.78. The zero-order valence-corrected chi connectivity index (χ0v) is 16.3. The third-order valence-corrected chi connectivity index (χ3v) is 6.27. The average molecular weight is 413 g/mol. The fraction of sp³-hybridized carbons (Fsp3) is 0.476. The van der Waals surface area contributed by atoms with Crippen molar-refractivity contribution in [3.05, 3.63) is 35.9 Å². The molecule has 2 aliphatic carbocycles. The highest BCUT2D eigenvalue weighted by atomic mass is 16.5. The molecule has 4 rings (SSSR count). The van der Waals surface area contributed by atoms with E-state index in [0.29, 0.717) is 17.4 Å². The van der Waals surface area contributed by atoms with Crippen LogP contribution >= 0.6 is 0 Å². The lowest BCUT2D eigenvalue weighted by Gasteiger charge is -2.19. The number of nitrogens with zero attached hydrogens (tertiary/aromatic N) is 1. The smallest absolute Gasteiger partial charge is 0.308 e. The molecule has 1 aliphatic heterocycles. The van der Waals surface area contributed by atoms with Gasteiger partial charge in [-0.15, -0.1) is 0 Å². The van der Waals surface area contributed by atoms with Crippen molar-refractivity contribution < 1.29 is 28.7 Å². The van der Waals surface area contributed by atoms with Crippen LogP contribution in [0.15, 0.2) is 30.3 Å². The number of carbonyl (C=O) groups excluding carboxylic acids is 5. The molecule has 0 unspecified atom stereocenters. The minimum absolute atomic E-state index is 0.0324. The second-order valence-corrected chi connectivity index (χ2v) is 7.99. The lowest BCUT2D eigenvalue weighted by molar-refractivity contribution is -0.150. The molecule has 0 spiro atoms. The number of benzene rings is 1. The number of nitrogens with one attached hydrogen (secondary N) is 2. The fourth-order valence-corrected chi connectivity index (χ4v) is 4.94. The summed E-state index contributed by atoms with van der Waals surface area (Å²) >= 11 is 0. The molecule has 3 fully saturated rings. The van der Waals surface area contributed by atoms with Crippen molar-refractivity contribution in [2.45, 2.75) is 25.7 Å². The number of likely N-dealkylation sites (tertiary alicyclic amines) is 1. The van der Waals surface area contributed by atoms with Gasteiger partial charge in [0.05, 0.1) is 18.3 Å². The molecule has 1 aromatic carbocycles. The van der Waals surface area contributed by atoms with Crippen LogP contribution in [0.3, 0.4) is 0 Å². The zero-order valence-electron chi connectivity index (χ0n) is 16.3. The van der Waals surface area contributed by atoms with E-state index in [0.717, 1.165) is 19.3 Å². The Kier molecular flexibility index (Phi) is 5.52. The number of hydrazine groups is 1. The van der Waals surface area contributed by atoms with E-state index in [1.807, 2.05) is 0 Å². The van der Waals surface area contributed by atoms with Crippen LogP contribution in [0.2, 0.25) is 0 Å². The van der Waals surface area contributed by atoms with Crippen molar-refractivity contribution in [2.24, 2.45) is 23.7 Å². The molecular weight excluding hydrogens is 390 g/mol. The van der Waals surface area contributed by atoms with Crippen LogP contribution in [0.25, 0.3) is 0 Å². The van der Waals surface area contributed by atoms with Crippen LogP contribution in [0.1, 0.15) is 36.0 Å². The molecule has 9 nitrogen and oxygen atoms in total. The maximum atomic E-state index is 12.6. The SMILES string of the molecule is O=C(COC(=O)CCN1C(=O)[C@@H]2[C@H]3CC[C@@H](C3)[C@H]2C1=O)NNC(=O)c1ccccc1. The molecule has 4 atom stereocenters. The zero-order chi connectivity index (χ0) is 21.3. The molecule has 1 saturated heterocycles. The third kappa shape index (κ3) is 3.79. The van der Waals surface area contributed by atoms with Crippen molar-refractivity contribution in [1.29, 1.82) is 0 Å². The highest BCUT2D eigenvalue weighted by Crippen LogP contribution is 2.56. The quantitative estimate of drug-likeness (QED) is 0.396. The average Bonchev–Trinajstić information content (AvgIpc) is 3.44. The number of imide groups is 1. The predicted octanol–water partition coefficient (Wildman–Crippen LogP) is 0.412. The van der Waals surface area contributed by atoms with Crippen LogP contribution in [0.4, 0.5) is 0 Å². The summed E-state index contributed by atoms with van der Waals surface area (Å²) in [7, 11) is 0. The van der Waals surface area contributed by atoms with Crippen molar-refractivity contribution in [1.82, 2.24) is 15.8 Å². The standard InChI is InChI=1S/C21H23N3O6/c25-15(22-23-19(27)12-4-2-1-3-5-12)11-30-16(26)8-9-24-20(28)17-13-6-7-14(10-13)18(17)21(24)29/h1-5,13-14,17-18H,6-11H2,(H,22,25)(H,23,27)/t13-,14-,17+,18+/m0/s1. The summed E-state index contributed by atoms with van der Waals surface area (Å²) in [5.74, 6) is -2.09. The minimum atomic E-state index is -0.702. The number of esters is 1. The highest BCUT2D eigenvalue weighted by molar-refractivity contribution is 6.06. The Labute approximate surface area is 173 Å². The topological polar surface area (TPSA) is 122 Å². The van der Waals surface area contributed by atoms with E-state index >= 15 is 0 Å². The van der Waals surface area contributed by atoms with Gasteiger partial charge >= 0.3 is 5.97 Å². The number of carbonyl (C=O) groups is 5. The molecule has 0 aromatic heterocycles. The van der Waals surface area contributed by atoms with Crippen molar-refractivity contribution in [3.8, 4) is 0 Å². The van der Waals surface area contributed by atoms with Gasteiger partial charge in [-0.25, -0.2) is 0 Å². The molecule has 2 saturated carbocycles. The summed E-state index contributed by atoms with van der Waals surface area (Å²) in [5.41, 5.74) is 4.75. The lowest BCUT2D eigenvalue weighted by Crippen LogP contribution is -2.43. The molecule has 4 amide bonds. The number of amides is 4. The Balaban J connectivity index is 1.17. The van der Waals surface area contributed by atoms with Crippen molar-refractivity contribution >= 4 is 29.6 Å². The van der Waals surface area contributed by atoms with Gasteiger partial charge < -0.3 is 4.74 Å². The first kappa shape index (κ1) is 20.1. The van der Waals surface area contributed by atoms with E-state index in [2.05, 4.69) is 10.9 Å². The summed E-state index contributed by atoms with van der Waals surface area (Å²) in [6, 6.07) is 8.30. The molecule has 3 aliphatic rings. The number of hydrogen-bond acceptors (Lipinski definition) is 6. The number of fused-ring (bicyclic) bond motifs is 5. The first-order valence-electron chi connectivity index (χ1n) is 10.1. The Hall–Kier alpha value is -3.23. The lowest BCUT2D eigenvalue weighted by atomic mass is 9.81. The molecule has 1 aromatic rings. The predicted molar refractivity (Wildman–Crippen MR) is 102 cm³/mol. The Morgan fingerprint density at radius 2 is 1.60 bits per heavy atom. The van der Waals surface area contributed by atoms with Crippen LogP contribution in [0.5, 0.6) is 0 Å². The van der Waals surface area contributed by atoms with Gasteiger partial charge in [0.25, 0.3) is 11.8 Å². The van der Waals surface area contributed by atoms with Crippen LogP contribution in [-0.2, 0) is 23.9 Å². The molecule has 2 N–H and O–H groups in total. The van der Waals surface area contributed by atoms with E-state index in [9.17, 15) is 24.0 Å². The van der Waals surface area contributed by atoms with Gasteiger partial charge in [-0.3, -0.25) is 39.7 Å². The normalized spacial score (nSPS) is 26.5. The second kappa shape index (κ2) is 8.25. The van der Waals surface area contributed by atoms with E-state index in [-0.39, 0.29) is 36.6 Å². The van der Waals surface area contributed by atoms with Gasteiger partial charge in [0.15, 0.2) is 6.61 Å². The van der Waals surface area contributed by atoms with Gasteiger partial charge in [0, 0.05) is 12.1 Å². The van der Waals surface area contributed by atoms with E-state index in [1.54, 1.807) is 30.3 Å². The minimum Gasteiger partial charge on any atom is -0.455 e. The number of hydrogen-bond donors (Lipinski definition) is 2. The van der Waals surface area contributed by atoms with E-state index < -0.39 is 24.4 Å². The molecule has 1 heterocycles.